The third-order valence-corrected chi connectivity index (χ3v) is 3.51. The molecule has 116 valence electrons. The smallest absolute Gasteiger partial charge is 0.0835 e. The van der Waals surface area contributed by atoms with Gasteiger partial charge in [0.25, 0.3) is 0 Å². The molecule has 2 atom stereocenters. The number of nitrogens with one attached hydrogen (secondary N) is 1. The summed E-state index contributed by atoms with van der Waals surface area (Å²) in [4.78, 5) is 0. The monoisotopic (exact) mass is 303 g/mol. The highest BCUT2D eigenvalue weighted by Crippen LogP contribution is 2.28. The highest BCUT2D eigenvalue weighted by molar-refractivity contribution is 6.31. The van der Waals surface area contributed by atoms with Crippen LogP contribution in [0.4, 0.5) is 0 Å². The molecule has 1 aromatic rings. The number of nitrogens with zero attached hydrogens (tertiary/aromatic N) is 2. The molecule has 2 unspecified atom stereocenters. The van der Waals surface area contributed by atoms with E-state index in [9.17, 15) is 0 Å². The second kappa shape index (κ2) is 9.34. The van der Waals surface area contributed by atoms with E-state index in [4.69, 9.17) is 21.1 Å². The van der Waals surface area contributed by atoms with Crippen molar-refractivity contribution < 1.29 is 9.47 Å². The van der Waals surface area contributed by atoms with E-state index in [-0.39, 0.29) is 12.1 Å². The van der Waals surface area contributed by atoms with Crippen molar-refractivity contribution in [3.63, 3.8) is 0 Å². The fourth-order valence-electron chi connectivity index (χ4n) is 2.33. The van der Waals surface area contributed by atoms with Gasteiger partial charge in [0.2, 0.25) is 0 Å². The molecule has 1 rings (SSSR count). The lowest BCUT2D eigenvalue weighted by atomic mass is 10.0. The molecule has 1 heterocycles. The highest BCUT2D eigenvalue weighted by Gasteiger charge is 2.27. The Morgan fingerprint density at radius 3 is 2.70 bits per heavy atom. The summed E-state index contributed by atoms with van der Waals surface area (Å²) in [5, 5.41) is 8.48. The number of halogens is 1. The van der Waals surface area contributed by atoms with E-state index in [0.717, 1.165) is 18.7 Å². The molecule has 0 saturated heterocycles. The standard InChI is InChI=1S/C14H26ClN3O2/c1-5-12(20-7-3)13(16-6-2)14-11(15)10-17-18(14)8-9-19-4/h10,12-13,16H,5-9H2,1-4H3. The number of rotatable bonds is 10. The average Bonchev–Trinajstić information content (AvgIpc) is 2.81. The normalized spacial score (nSPS) is 14.4. The number of hydrogen-bond donors (Lipinski definition) is 1. The van der Waals surface area contributed by atoms with Crippen LogP contribution in [0, 0.1) is 0 Å². The summed E-state index contributed by atoms with van der Waals surface area (Å²) in [5.41, 5.74) is 0.978. The van der Waals surface area contributed by atoms with Crippen molar-refractivity contribution in [3.05, 3.63) is 16.9 Å². The topological polar surface area (TPSA) is 48.3 Å². The van der Waals surface area contributed by atoms with Crippen molar-refractivity contribution in [2.24, 2.45) is 0 Å². The van der Waals surface area contributed by atoms with Gasteiger partial charge in [-0.15, -0.1) is 0 Å². The van der Waals surface area contributed by atoms with Crippen molar-refractivity contribution in [2.75, 3.05) is 26.9 Å². The van der Waals surface area contributed by atoms with E-state index >= 15 is 0 Å². The van der Waals surface area contributed by atoms with Gasteiger partial charge < -0.3 is 14.8 Å². The highest BCUT2D eigenvalue weighted by atomic mass is 35.5. The molecule has 1 N–H and O–H groups in total. The molecule has 1 aromatic heterocycles. The second-order valence-electron chi connectivity index (χ2n) is 4.53. The summed E-state index contributed by atoms with van der Waals surface area (Å²) >= 11 is 6.34. The molecule has 20 heavy (non-hydrogen) atoms. The fourth-order valence-corrected chi connectivity index (χ4v) is 2.58. The summed E-state index contributed by atoms with van der Waals surface area (Å²) in [7, 11) is 1.68. The van der Waals surface area contributed by atoms with Gasteiger partial charge >= 0.3 is 0 Å². The zero-order valence-corrected chi connectivity index (χ0v) is 13.6. The van der Waals surface area contributed by atoms with Gasteiger partial charge in [-0.05, 0) is 19.9 Å². The summed E-state index contributed by atoms with van der Waals surface area (Å²) in [6.07, 6.45) is 2.68. The van der Waals surface area contributed by atoms with Crippen molar-refractivity contribution in [2.45, 2.75) is 45.9 Å². The average molecular weight is 304 g/mol. The second-order valence-corrected chi connectivity index (χ2v) is 4.94. The zero-order chi connectivity index (χ0) is 15.0. The number of aromatic nitrogens is 2. The number of ether oxygens (including phenoxy) is 2. The third-order valence-electron chi connectivity index (χ3n) is 3.21. The molecule has 0 saturated carbocycles. The first kappa shape index (κ1) is 17.4. The van der Waals surface area contributed by atoms with Crippen LogP contribution in [0.25, 0.3) is 0 Å². The lowest BCUT2D eigenvalue weighted by Gasteiger charge is -2.28. The Kier molecular flexibility index (Phi) is 8.14. The maximum Gasteiger partial charge on any atom is 0.0835 e. The summed E-state index contributed by atoms with van der Waals surface area (Å²) in [6.45, 7) is 9.03. The Morgan fingerprint density at radius 1 is 1.40 bits per heavy atom. The van der Waals surface area contributed by atoms with E-state index in [1.165, 1.54) is 0 Å². The molecule has 0 aromatic carbocycles. The third kappa shape index (κ3) is 4.45. The largest absolute Gasteiger partial charge is 0.383 e. The van der Waals surface area contributed by atoms with Crippen LogP contribution in [0.1, 0.15) is 38.9 Å². The summed E-state index contributed by atoms with van der Waals surface area (Å²) < 4.78 is 12.9. The van der Waals surface area contributed by atoms with Crippen molar-refractivity contribution in [1.29, 1.82) is 0 Å². The lowest BCUT2D eigenvalue weighted by molar-refractivity contribution is 0.0292. The summed E-state index contributed by atoms with van der Waals surface area (Å²) in [5.74, 6) is 0. The summed E-state index contributed by atoms with van der Waals surface area (Å²) in [6, 6.07) is 0.0387. The molecule has 0 aliphatic carbocycles. The number of hydrogen-bond acceptors (Lipinski definition) is 4. The molecular weight excluding hydrogens is 278 g/mol. The molecule has 0 amide bonds. The van der Waals surface area contributed by atoms with Gasteiger partial charge in [0.05, 0.1) is 42.2 Å². The number of likely N-dealkylation sites (N-methyl/N-ethyl adjacent to an activating group) is 1. The zero-order valence-electron chi connectivity index (χ0n) is 12.9. The van der Waals surface area contributed by atoms with Gasteiger partial charge in [-0.25, -0.2) is 0 Å². The van der Waals surface area contributed by atoms with Crippen molar-refractivity contribution in [1.82, 2.24) is 15.1 Å². The maximum atomic E-state index is 6.34. The molecule has 0 fully saturated rings. The van der Waals surface area contributed by atoms with Crippen molar-refractivity contribution >= 4 is 11.6 Å². The Morgan fingerprint density at radius 2 is 2.15 bits per heavy atom. The van der Waals surface area contributed by atoms with Crippen molar-refractivity contribution in [3.8, 4) is 0 Å². The molecule has 0 radical (unpaired) electrons. The van der Waals surface area contributed by atoms with Crippen LogP contribution in [0.5, 0.6) is 0 Å². The first-order chi connectivity index (χ1) is 9.69. The Bertz CT molecular complexity index is 384. The quantitative estimate of drug-likeness (QED) is 0.722. The minimum Gasteiger partial charge on any atom is -0.383 e. The Labute approximate surface area is 126 Å². The van der Waals surface area contributed by atoms with Gasteiger partial charge in [-0.1, -0.05) is 25.4 Å². The van der Waals surface area contributed by atoms with Gasteiger partial charge in [0, 0.05) is 13.7 Å². The van der Waals surface area contributed by atoms with Gasteiger partial charge in [-0.2, -0.15) is 5.10 Å². The van der Waals surface area contributed by atoms with E-state index in [2.05, 4.69) is 24.3 Å². The SMILES string of the molecule is CCNC(c1c(Cl)cnn1CCOC)C(CC)OCC. The molecular formula is C14H26ClN3O2. The van der Waals surface area contributed by atoms with E-state index in [1.54, 1.807) is 13.3 Å². The molecule has 0 bridgehead atoms. The molecule has 6 heteroatoms. The van der Waals surface area contributed by atoms with Crippen LogP contribution in [-0.4, -0.2) is 42.8 Å². The molecule has 0 aliphatic heterocycles. The first-order valence-corrected chi connectivity index (χ1v) is 7.62. The molecule has 0 spiro atoms. The van der Waals surface area contributed by atoms with Crippen LogP contribution in [0.3, 0.4) is 0 Å². The van der Waals surface area contributed by atoms with E-state index in [0.29, 0.717) is 24.8 Å². The minimum absolute atomic E-state index is 0.0387. The van der Waals surface area contributed by atoms with Gasteiger partial charge in [0.1, 0.15) is 0 Å². The predicted octanol–water partition coefficient (Wildman–Crippen LogP) is 2.65. The van der Waals surface area contributed by atoms with Gasteiger partial charge in [-0.3, -0.25) is 4.68 Å². The lowest BCUT2D eigenvalue weighted by Crippen LogP contribution is -2.35. The molecule has 5 nitrogen and oxygen atoms in total. The maximum absolute atomic E-state index is 6.34. The Balaban J connectivity index is 3.02. The first-order valence-electron chi connectivity index (χ1n) is 7.24. The van der Waals surface area contributed by atoms with Crippen LogP contribution >= 0.6 is 11.6 Å². The number of methoxy groups -OCH3 is 1. The van der Waals surface area contributed by atoms with Gasteiger partial charge in [0.15, 0.2) is 0 Å². The fraction of sp³-hybridized carbons (Fsp3) is 0.786. The Hall–Kier alpha value is -0.620. The molecule has 0 aliphatic rings. The predicted molar refractivity (Wildman–Crippen MR) is 81.2 cm³/mol. The van der Waals surface area contributed by atoms with Crippen LogP contribution < -0.4 is 5.32 Å². The van der Waals surface area contributed by atoms with Crippen LogP contribution in [0.2, 0.25) is 5.02 Å². The van der Waals surface area contributed by atoms with Crippen LogP contribution in [-0.2, 0) is 16.0 Å². The van der Waals surface area contributed by atoms with E-state index in [1.807, 2.05) is 11.6 Å². The minimum atomic E-state index is 0.0387. The van der Waals surface area contributed by atoms with E-state index < -0.39 is 0 Å². The van der Waals surface area contributed by atoms with Crippen LogP contribution in [0.15, 0.2) is 6.20 Å².